The zero-order valence-corrected chi connectivity index (χ0v) is 46.2. The van der Waals surface area contributed by atoms with E-state index in [1.165, 1.54) is 218 Å². The van der Waals surface area contributed by atoms with E-state index in [1.54, 1.807) is 0 Å². The maximum atomic E-state index is 12.9. The fourth-order valence-electron chi connectivity index (χ4n) is 9.29. The van der Waals surface area contributed by atoms with Crippen LogP contribution in [0.1, 0.15) is 337 Å². The quantitative estimate of drug-likeness (QED) is 0.0343. The Morgan fingerprint density at radius 1 is 0.299 bits per heavy atom. The number of hydrogen-bond donors (Lipinski definition) is 0. The molecule has 0 aromatic heterocycles. The highest BCUT2D eigenvalue weighted by Gasteiger charge is 2.19. The molecule has 0 aliphatic carbocycles. The van der Waals surface area contributed by atoms with Crippen LogP contribution in [0.5, 0.6) is 0 Å². The number of carbonyl (C=O) groups excluding carboxylic acids is 3. The highest BCUT2D eigenvalue weighted by atomic mass is 16.6. The van der Waals surface area contributed by atoms with Crippen LogP contribution in [0, 0.1) is 17.8 Å². The van der Waals surface area contributed by atoms with Gasteiger partial charge in [-0.1, -0.05) is 298 Å². The first-order valence-electron chi connectivity index (χ1n) is 30.2. The molecule has 0 aliphatic rings. The summed E-state index contributed by atoms with van der Waals surface area (Å²) in [4.78, 5) is 38.1. The van der Waals surface area contributed by atoms with E-state index in [-0.39, 0.29) is 31.1 Å². The Balaban J connectivity index is 4.22. The maximum Gasteiger partial charge on any atom is 0.306 e. The molecule has 67 heavy (non-hydrogen) atoms. The lowest BCUT2D eigenvalue weighted by Crippen LogP contribution is -2.30. The number of carbonyl (C=O) groups is 3. The predicted octanol–water partition coefficient (Wildman–Crippen LogP) is 19.9. The highest BCUT2D eigenvalue weighted by Crippen LogP contribution is 2.19. The summed E-state index contributed by atoms with van der Waals surface area (Å²) >= 11 is 0. The second-order valence-corrected chi connectivity index (χ2v) is 21.9. The monoisotopic (exact) mass is 947 g/mol. The Bertz CT molecular complexity index is 1040. The molecule has 0 fully saturated rings. The van der Waals surface area contributed by atoms with E-state index >= 15 is 0 Å². The molecule has 0 aromatic carbocycles. The van der Waals surface area contributed by atoms with Crippen LogP contribution in [-0.2, 0) is 28.6 Å². The molecule has 0 aliphatic heterocycles. The van der Waals surface area contributed by atoms with Crippen LogP contribution in [0.3, 0.4) is 0 Å². The van der Waals surface area contributed by atoms with Crippen LogP contribution >= 0.6 is 0 Å². The van der Waals surface area contributed by atoms with E-state index in [0.29, 0.717) is 19.3 Å². The zero-order chi connectivity index (χ0) is 49.1. The zero-order valence-electron chi connectivity index (χ0n) is 46.2. The minimum Gasteiger partial charge on any atom is -0.462 e. The molecule has 0 heterocycles. The van der Waals surface area contributed by atoms with Crippen molar-refractivity contribution in [1.29, 1.82) is 0 Å². The van der Waals surface area contributed by atoms with Gasteiger partial charge in [0, 0.05) is 19.3 Å². The summed E-state index contributed by atoms with van der Waals surface area (Å²) in [5, 5.41) is 0. The molecular formula is C61H118O6. The van der Waals surface area contributed by atoms with Gasteiger partial charge < -0.3 is 14.2 Å². The lowest BCUT2D eigenvalue weighted by Gasteiger charge is -2.18. The lowest BCUT2D eigenvalue weighted by atomic mass is 9.99. The van der Waals surface area contributed by atoms with Crippen molar-refractivity contribution in [3.05, 3.63) is 0 Å². The predicted molar refractivity (Wildman–Crippen MR) is 289 cm³/mol. The van der Waals surface area contributed by atoms with Gasteiger partial charge in [-0.2, -0.15) is 0 Å². The van der Waals surface area contributed by atoms with Gasteiger partial charge >= 0.3 is 17.9 Å². The molecule has 0 saturated heterocycles. The normalized spacial score (nSPS) is 12.9. The number of hydrogen-bond acceptors (Lipinski definition) is 6. The maximum absolute atomic E-state index is 12.9. The van der Waals surface area contributed by atoms with Gasteiger partial charge in [-0.3, -0.25) is 14.4 Å². The molecule has 398 valence electrons. The average molecular weight is 948 g/mol. The van der Waals surface area contributed by atoms with E-state index < -0.39 is 6.10 Å². The molecule has 3 atom stereocenters. The van der Waals surface area contributed by atoms with Crippen molar-refractivity contribution in [3.63, 3.8) is 0 Å². The van der Waals surface area contributed by atoms with Crippen LogP contribution in [0.15, 0.2) is 0 Å². The summed E-state index contributed by atoms with van der Waals surface area (Å²) in [6, 6.07) is 0. The van der Waals surface area contributed by atoms with Crippen molar-refractivity contribution in [1.82, 2.24) is 0 Å². The van der Waals surface area contributed by atoms with E-state index in [4.69, 9.17) is 14.2 Å². The molecule has 0 rings (SSSR count). The SMILES string of the molecule is CCC(C)CCCCCCCCCCCCCCCCC(=O)O[C@H](COC(=O)CCCCCCCCCCCCCCCCCCCCC(C)C)COC(=O)CCCCCCCCC(C)CC. The smallest absolute Gasteiger partial charge is 0.306 e. The topological polar surface area (TPSA) is 78.9 Å². The molecule has 0 N–H and O–H groups in total. The molecule has 0 aromatic rings. The number of rotatable bonds is 54. The van der Waals surface area contributed by atoms with Crippen molar-refractivity contribution in [2.24, 2.45) is 17.8 Å². The molecule has 0 bridgehead atoms. The summed E-state index contributed by atoms with van der Waals surface area (Å²) < 4.78 is 16.9. The van der Waals surface area contributed by atoms with Crippen LogP contribution in [-0.4, -0.2) is 37.2 Å². The molecule has 0 amide bonds. The first kappa shape index (κ1) is 65.4. The van der Waals surface area contributed by atoms with Crippen molar-refractivity contribution in [2.75, 3.05) is 13.2 Å². The van der Waals surface area contributed by atoms with Gasteiger partial charge in [-0.05, 0) is 37.0 Å². The van der Waals surface area contributed by atoms with Gasteiger partial charge in [-0.15, -0.1) is 0 Å². The Morgan fingerprint density at radius 2 is 0.522 bits per heavy atom. The second-order valence-electron chi connectivity index (χ2n) is 21.9. The van der Waals surface area contributed by atoms with E-state index in [0.717, 1.165) is 75.5 Å². The van der Waals surface area contributed by atoms with Gasteiger partial charge in [0.25, 0.3) is 0 Å². The Hall–Kier alpha value is -1.59. The third kappa shape index (κ3) is 52.1. The summed E-state index contributed by atoms with van der Waals surface area (Å²) in [5.74, 6) is 1.72. The highest BCUT2D eigenvalue weighted by molar-refractivity contribution is 5.71. The molecule has 0 spiro atoms. The van der Waals surface area contributed by atoms with Gasteiger partial charge in [0.2, 0.25) is 0 Å². The van der Waals surface area contributed by atoms with Gasteiger partial charge in [0.05, 0.1) is 0 Å². The number of esters is 3. The first-order valence-corrected chi connectivity index (χ1v) is 30.2. The molecule has 6 nitrogen and oxygen atoms in total. The minimum absolute atomic E-state index is 0.0639. The Labute approximate surface area is 418 Å². The molecular weight excluding hydrogens is 829 g/mol. The van der Waals surface area contributed by atoms with E-state index in [1.807, 2.05) is 0 Å². The summed E-state index contributed by atoms with van der Waals surface area (Å²) in [6.45, 7) is 13.8. The van der Waals surface area contributed by atoms with Crippen molar-refractivity contribution < 1.29 is 28.6 Å². The fraction of sp³-hybridized carbons (Fsp3) is 0.951. The van der Waals surface area contributed by atoms with Crippen molar-refractivity contribution in [3.8, 4) is 0 Å². The van der Waals surface area contributed by atoms with Gasteiger partial charge in [-0.25, -0.2) is 0 Å². The third-order valence-corrected chi connectivity index (χ3v) is 14.6. The molecule has 0 radical (unpaired) electrons. The van der Waals surface area contributed by atoms with Gasteiger partial charge in [0.15, 0.2) is 6.10 Å². The number of ether oxygens (including phenoxy) is 3. The van der Waals surface area contributed by atoms with Gasteiger partial charge in [0.1, 0.15) is 13.2 Å². The van der Waals surface area contributed by atoms with Crippen LogP contribution in [0.4, 0.5) is 0 Å². The van der Waals surface area contributed by atoms with E-state index in [9.17, 15) is 14.4 Å². The first-order chi connectivity index (χ1) is 32.7. The summed E-state index contributed by atoms with van der Waals surface area (Å²) in [6.07, 6.45) is 55.3. The summed E-state index contributed by atoms with van der Waals surface area (Å²) in [7, 11) is 0. The average Bonchev–Trinajstić information content (AvgIpc) is 3.31. The lowest BCUT2D eigenvalue weighted by molar-refractivity contribution is -0.167. The van der Waals surface area contributed by atoms with Crippen LogP contribution in [0.2, 0.25) is 0 Å². The van der Waals surface area contributed by atoms with Crippen molar-refractivity contribution >= 4 is 17.9 Å². The Morgan fingerprint density at radius 3 is 0.776 bits per heavy atom. The molecule has 0 saturated carbocycles. The van der Waals surface area contributed by atoms with Crippen LogP contribution in [0.25, 0.3) is 0 Å². The summed E-state index contributed by atoms with van der Waals surface area (Å²) in [5.41, 5.74) is 0. The Kier molecular flexibility index (Phi) is 51.0. The van der Waals surface area contributed by atoms with E-state index in [2.05, 4.69) is 41.5 Å². The third-order valence-electron chi connectivity index (χ3n) is 14.6. The fourth-order valence-corrected chi connectivity index (χ4v) is 9.29. The van der Waals surface area contributed by atoms with Crippen LogP contribution < -0.4 is 0 Å². The minimum atomic E-state index is -0.764. The molecule has 6 heteroatoms. The number of unbranched alkanes of at least 4 members (excludes halogenated alkanes) is 35. The standard InChI is InChI=1S/C61H118O6/c1-7-56(5)48-42-36-30-26-22-18-15-16-20-24-28-32-40-46-52-61(64)67-58(54-66-60(63)51-45-39-34-33-37-43-49-57(6)8-2)53-65-59(62)50-44-38-31-27-23-19-14-12-10-9-11-13-17-21-25-29-35-41-47-55(3)4/h55-58H,7-54H2,1-6H3/t56?,57?,58-/m1/s1. The van der Waals surface area contributed by atoms with Crippen molar-refractivity contribution in [2.45, 2.75) is 343 Å². The molecule has 2 unspecified atom stereocenters. The largest absolute Gasteiger partial charge is 0.462 e. The second kappa shape index (κ2) is 52.2.